The second-order valence-electron chi connectivity index (χ2n) is 9.13. The van der Waals surface area contributed by atoms with Gasteiger partial charge < -0.3 is 14.5 Å². The highest BCUT2D eigenvalue weighted by molar-refractivity contribution is 6.31. The predicted octanol–water partition coefficient (Wildman–Crippen LogP) is 4.84. The molecule has 0 saturated carbocycles. The zero-order valence-corrected chi connectivity index (χ0v) is 20.7. The summed E-state index contributed by atoms with van der Waals surface area (Å²) in [5.74, 6) is 0.804. The maximum absolute atomic E-state index is 13.7. The van der Waals surface area contributed by atoms with Crippen LogP contribution in [0.15, 0.2) is 30.5 Å². The van der Waals surface area contributed by atoms with Gasteiger partial charge in [-0.3, -0.25) is 10.1 Å². The number of piperidine rings is 1. The first-order valence-corrected chi connectivity index (χ1v) is 12.4. The van der Waals surface area contributed by atoms with Gasteiger partial charge in [0.05, 0.1) is 30.1 Å². The van der Waals surface area contributed by atoms with Crippen molar-refractivity contribution in [2.45, 2.75) is 45.1 Å². The molecule has 2 fully saturated rings. The summed E-state index contributed by atoms with van der Waals surface area (Å²) in [6.07, 6.45) is 6.44. The highest BCUT2D eigenvalue weighted by Crippen LogP contribution is 2.34. The summed E-state index contributed by atoms with van der Waals surface area (Å²) in [6, 6.07) is 6.62. The number of nitrogens with zero attached hydrogens (tertiary/aromatic N) is 5. The fourth-order valence-electron chi connectivity index (χ4n) is 5.03. The van der Waals surface area contributed by atoms with Gasteiger partial charge in [-0.25, -0.2) is 14.3 Å². The summed E-state index contributed by atoms with van der Waals surface area (Å²) >= 11 is 6.22. The quantitative estimate of drug-likeness (QED) is 0.555. The van der Waals surface area contributed by atoms with Crippen LogP contribution in [-0.2, 0) is 4.74 Å². The number of carbonyl (C=O) groups excluding carboxylic acids is 2. The average Bonchev–Trinajstić information content (AvgIpc) is 3.54. The molecular formula is C25H29ClN6O3. The number of benzene rings is 1. The highest BCUT2D eigenvalue weighted by atomic mass is 35.5. The number of rotatable bonds is 4. The Morgan fingerprint density at radius 1 is 1.11 bits per heavy atom. The molecule has 184 valence electrons. The lowest BCUT2D eigenvalue weighted by atomic mass is 9.98. The first kappa shape index (κ1) is 23.4. The summed E-state index contributed by atoms with van der Waals surface area (Å²) in [5.41, 5.74) is 3.36. The average molecular weight is 497 g/mol. The van der Waals surface area contributed by atoms with E-state index in [4.69, 9.17) is 26.4 Å². The standard InChI is InChI=1S/C25H29ClN6O3/c1-16-15-32-22(28-23(16)30-10-5-6-11-30)14-20(29-32)21-7-3-4-12-31(21)24(33)18-13-17(26)8-9-19(18)27-25(34)35-2/h8-9,13-15,21H,3-7,10-12H2,1-2H3,(H,27,34). The molecule has 3 aromatic rings. The number of halogens is 1. The van der Waals surface area contributed by atoms with E-state index in [9.17, 15) is 9.59 Å². The van der Waals surface area contributed by atoms with E-state index in [1.807, 2.05) is 21.7 Å². The Hall–Kier alpha value is -3.33. The van der Waals surface area contributed by atoms with Gasteiger partial charge in [-0.2, -0.15) is 5.10 Å². The molecule has 4 heterocycles. The number of methoxy groups -OCH3 is 1. The van der Waals surface area contributed by atoms with E-state index in [0.717, 1.165) is 55.1 Å². The monoisotopic (exact) mass is 496 g/mol. The molecule has 5 rings (SSSR count). The van der Waals surface area contributed by atoms with Gasteiger partial charge in [-0.05, 0) is 57.2 Å². The molecule has 2 aliphatic heterocycles. The van der Waals surface area contributed by atoms with E-state index in [2.05, 4.69) is 17.1 Å². The second kappa shape index (κ2) is 9.73. The Balaban J connectivity index is 1.48. The molecule has 1 atom stereocenters. The van der Waals surface area contributed by atoms with E-state index >= 15 is 0 Å². The lowest BCUT2D eigenvalue weighted by Gasteiger charge is -2.35. The van der Waals surface area contributed by atoms with Crippen LogP contribution < -0.4 is 10.2 Å². The Kier molecular flexibility index (Phi) is 6.51. The largest absolute Gasteiger partial charge is 0.453 e. The third-order valence-corrected chi connectivity index (χ3v) is 7.00. The molecule has 2 saturated heterocycles. The number of anilines is 2. The molecule has 2 aliphatic rings. The lowest BCUT2D eigenvalue weighted by Crippen LogP contribution is -2.39. The van der Waals surface area contributed by atoms with Crippen molar-refractivity contribution in [3.8, 4) is 0 Å². The number of likely N-dealkylation sites (tertiary alicyclic amines) is 1. The molecule has 35 heavy (non-hydrogen) atoms. The predicted molar refractivity (Wildman–Crippen MR) is 134 cm³/mol. The molecule has 0 aliphatic carbocycles. The second-order valence-corrected chi connectivity index (χ2v) is 9.57. The first-order chi connectivity index (χ1) is 16.9. The molecule has 0 spiro atoms. The number of hydrogen-bond acceptors (Lipinski definition) is 6. The molecular weight excluding hydrogens is 468 g/mol. The molecule has 0 radical (unpaired) electrons. The maximum atomic E-state index is 13.7. The Bertz CT molecular complexity index is 1270. The molecule has 9 nitrogen and oxygen atoms in total. The molecule has 1 unspecified atom stereocenters. The Morgan fingerprint density at radius 3 is 2.66 bits per heavy atom. The zero-order valence-electron chi connectivity index (χ0n) is 20.0. The molecule has 2 aromatic heterocycles. The molecule has 10 heteroatoms. The van der Waals surface area contributed by atoms with Crippen molar-refractivity contribution in [3.63, 3.8) is 0 Å². The van der Waals surface area contributed by atoms with Gasteiger partial charge in [0, 0.05) is 42.5 Å². The Morgan fingerprint density at radius 2 is 1.89 bits per heavy atom. The van der Waals surface area contributed by atoms with Gasteiger partial charge in [-0.15, -0.1) is 0 Å². The van der Waals surface area contributed by atoms with Crippen LogP contribution in [-0.4, -0.2) is 58.2 Å². The third-order valence-electron chi connectivity index (χ3n) is 6.77. The fourth-order valence-corrected chi connectivity index (χ4v) is 5.20. The van der Waals surface area contributed by atoms with E-state index in [1.165, 1.54) is 20.0 Å². The van der Waals surface area contributed by atoms with Gasteiger partial charge in [0.15, 0.2) is 5.65 Å². The highest BCUT2D eigenvalue weighted by Gasteiger charge is 2.32. The fraction of sp³-hybridized carbons (Fsp3) is 0.440. The number of carbonyl (C=O) groups is 2. The van der Waals surface area contributed by atoms with Crippen LogP contribution in [0.3, 0.4) is 0 Å². The number of nitrogens with one attached hydrogen (secondary N) is 1. The molecule has 2 amide bonds. The topological polar surface area (TPSA) is 92.1 Å². The minimum absolute atomic E-state index is 0.196. The van der Waals surface area contributed by atoms with Crippen LogP contribution in [0.1, 0.15) is 59.8 Å². The van der Waals surface area contributed by atoms with Crippen molar-refractivity contribution in [1.82, 2.24) is 19.5 Å². The van der Waals surface area contributed by atoms with Crippen LogP contribution in [0.5, 0.6) is 0 Å². The number of ether oxygens (including phenoxy) is 1. The minimum atomic E-state index is -0.646. The van der Waals surface area contributed by atoms with Crippen molar-refractivity contribution >= 4 is 40.8 Å². The molecule has 1 aromatic carbocycles. The minimum Gasteiger partial charge on any atom is -0.453 e. The summed E-state index contributed by atoms with van der Waals surface area (Å²) in [4.78, 5) is 34.6. The SMILES string of the molecule is COC(=O)Nc1ccc(Cl)cc1C(=O)N1CCCCC1c1cc2nc(N3CCCC3)c(C)cn2n1. The smallest absolute Gasteiger partial charge is 0.411 e. The van der Waals surface area contributed by atoms with Crippen LogP contribution >= 0.6 is 11.6 Å². The summed E-state index contributed by atoms with van der Waals surface area (Å²) < 4.78 is 6.52. The molecule has 1 N–H and O–H groups in total. The lowest BCUT2D eigenvalue weighted by molar-refractivity contribution is 0.0607. The van der Waals surface area contributed by atoms with E-state index < -0.39 is 6.09 Å². The van der Waals surface area contributed by atoms with Gasteiger partial charge >= 0.3 is 6.09 Å². The van der Waals surface area contributed by atoms with Crippen molar-refractivity contribution in [2.75, 3.05) is 37.0 Å². The molecule has 0 bridgehead atoms. The number of fused-ring (bicyclic) bond motifs is 1. The van der Waals surface area contributed by atoms with E-state index in [1.54, 1.807) is 18.2 Å². The van der Waals surface area contributed by atoms with Crippen molar-refractivity contribution in [1.29, 1.82) is 0 Å². The number of amides is 2. The van der Waals surface area contributed by atoms with Crippen molar-refractivity contribution in [2.24, 2.45) is 0 Å². The van der Waals surface area contributed by atoms with E-state index in [0.29, 0.717) is 22.8 Å². The number of aryl methyl sites for hydroxylation is 1. The maximum Gasteiger partial charge on any atom is 0.411 e. The third kappa shape index (κ3) is 4.65. The summed E-state index contributed by atoms with van der Waals surface area (Å²) in [6.45, 7) is 4.70. The summed E-state index contributed by atoms with van der Waals surface area (Å²) in [5, 5.41) is 7.86. The zero-order chi connectivity index (χ0) is 24.5. The van der Waals surface area contributed by atoms with E-state index in [-0.39, 0.29) is 11.9 Å². The first-order valence-electron chi connectivity index (χ1n) is 12.0. The van der Waals surface area contributed by atoms with Gasteiger partial charge in [0.25, 0.3) is 5.91 Å². The Labute approximate surface area is 209 Å². The van der Waals surface area contributed by atoms with Crippen LogP contribution in [0.25, 0.3) is 5.65 Å². The van der Waals surface area contributed by atoms with Crippen LogP contribution in [0, 0.1) is 6.92 Å². The van der Waals surface area contributed by atoms with Crippen LogP contribution in [0.2, 0.25) is 5.02 Å². The number of hydrogen-bond donors (Lipinski definition) is 1. The van der Waals surface area contributed by atoms with Gasteiger partial charge in [-0.1, -0.05) is 11.6 Å². The van der Waals surface area contributed by atoms with Crippen molar-refractivity contribution in [3.05, 3.63) is 52.3 Å². The number of aromatic nitrogens is 3. The normalized spacial score (nSPS) is 18.2. The summed E-state index contributed by atoms with van der Waals surface area (Å²) in [7, 11) is 1.28. The van der Waals surface area contributed by atoms with Gasteiger partial charge in [0.1, 0.15) is 5.82 Å². The van der Waals surface area contributed by atoms with Crippen LogP contribution in [0.4, 0.5) is 16.3 Å². The van der Waals surface area contributed by atoms with Gasteiger partial charge in [0.2, 0.25) is 0 Å². The van der Waals surface area contributed by atoms with Crippen molar-refractivity contribution < 1.29 is 14.3 Å².